The van der Waals surface area contributed by atoms with E-state index < -0.39 is 10.0 Å². The molecule has 1 aliphatic carbocycles. The minimum absolute atomic E-state index is 0.129. The molecule has 1 saturated carbocycles. The lowest BCUT2D eigenvalue weighted by molar-refractivity contribution is 0.335. The molecule has 1 fully saturated rings. The molecule has 5 heteroatoms. The molecule has 1 aromatic rings. The van der Waals surface area contributed by atoms with Crippen LogP contribution in [-0.4, -0.2) is 25.3 Å². The van der Waals surface area contributed by atoms with Gasteiger partial charge in [-0.25, -0.2) is 8.42 Å². The van der Waals surface area contributed by atoms with E-state index in [9.17, 15) is 8.42 Å². The molecule has 20 heavy (non-hydrogen) atoms. The smallest absolute Gasteiger partial charge is 0.245 e. The van der Waals surface area contributed by atoms with E-state index in [1.54, 1.807) is 10.4 Å². The second kappa shape index (κ2) is 5.74. The summed E-state index contributed by atoms with van der Waals surface area (Å²) >= 11 is 0. The van der Waals surface area contributed by atoms with Gasteiger partial charge in [0.2, 0.25) is 10.0 Å². The molecule has 2 N–H and O–H groups in total. The van der Waals surface area contributed by atoms with E-state index in [1.807, 2.05) is 26.8 Å². The van der Waals surface area contributed by atoms with Gasteiger partial charge in [-0.05, 0) is 43.9 Å². The molecule has 0 saturated heterocycles. The number of nitrogens with two attached hydrogens (primary N) is 1. The Morgan fingerprint density at radius 2 is 1.85 bits per heavy atom. The van der Waals surface area contributed by atoms with Crippen molar-refractivity contribution in [1.29, 1.82) is 0 Å². The third kappa shape index (κ3) is 2.56. The van der Waals surface area contributed by atoms with Gasteiger partial charge in [-0.1, -0.05) is 25.8 Å². The Balaban J connectivity index is 2.51. The molecule has 1 aromatic carbocycles. The monoisotopic (exact) mass is 296 g/mol. The highest BCUT2D eigenvalue weighted by Crippen LogP contribution is 2.33. The van der Waals surface area contributed by atoms with Crippen LogP contribution in [0.15, 0.2) is 17.0 Å². The Labute approximate surface area is 122 Å². The molecule has 0 bridgehead atoms. The van der Waals surface area contributed by atoms with Gasteiger partial charge in [0.15, 0.2) is 0 Å². The predicted molar refractivity (Wildman–Crippen MR) is 82.2 cm³/mol. The minimum atomic E-state index is -3.51. The summed E-state index contributed by atoms with van der Waals surface area (Å²) in [5.74, 6) is 0. The van der Waals surface area contributed by atoms with Gasteiger partial charge in [-0.2, -0.15) is 4.31 Å². The molecule has 0 aromatic heterocycles. The average molecular weight is 296 g/mol. The largest absolute Gasteiger partial charge is 0.398 e. The van der Waals surface area contributed by atoms with Crippen LogP contribution in [0.4, 0.5) is 5.69 Å². The first-order chi connectivity index (χ1) is 9.39. The number of aryl methyl sites for hydroxylation is 1. The molecule has 0 aliphatic heterocycles. The average Bonchev–Trinajstić information content (AvgIpc) is 2.88. The Hall–Kier alpha value is -1.07. The van der Waals surface area contributed by atoms with E-state index in [4.69, 9.17) is 5.73 Å². The summed E-state index contributed by atoms with van der Waals surface area (Å²) in [6.07, 6.45) is 4.13. The van der Waals surface area contributed by atoms with Gasteiger partial charge >= 0.3 is 0 Å². The summed E-state index contributed by atoms with van der Waals surface area (Å²) in [6.45, 7) is 6.15. The fraction of sp³-hybridized carbons (Fsp3) is 0.600. The van der Waals surface area contributed by atoms with E-state index in [2.05, 4.69) is 0 Å². The number of benzene rings is 1. The second-order valence-electron chi connectivity index (χ2n) is 5.57. The van der Waals surface area contributed by atoms with Crippen LogP contribution in [0, 0.1) is 13.8 Å². The van der Waals surface area contributed by atoms with E-state index in [0.717, 1.165) is 36.8 Å². The second-order valence-corrected chi connectivity index (χ2v) is 7.40. The van der Waals surface area contributed by atoms with Crippen LogP contribution in [0.5, 0.6) is 0 Å². The van der Waals surface area contributed by atoms with Gasteiger partial charge < -0.3 is 5.73 Å². The molecular formula is C15H24N2O2S. The number of anilines is 1. The molecule has 0 radical (unpaired) electrons. The van der Waals surface area contributed by atoms with Gasteiger partial charge in [0.25, 0.3) is 0 Å². The lowest BCUT2D eigenvalue weighted by atomic mass is 10.1. The molecule has 0 atom stereocenters. The zero-order chi connectivity index (χ0) is 14.9. The molecule has 0 amide bonds. The molecule has 112 valence electrons. The van der Waals surface area contributed by atoms with Gasteiger partial charge in [-0.15, -0.1) is 0 Å². The summed E-state index contributed by atoms with van der Waals surface area (Å²) < 4.78 is 27.6. The lowest BCUT2D eigenvalue weighted by Gasteiger charge is -2.28. The van der Waals surface area contributed by atoms with Crippen LogP contribution in [-0.2, 0) is 10.0 Å². The van der Waals surface area contributed by atoms with Gasteiger partial charge in [-0.3, -0.25) is 0 Å². The van der Waals surface area contributed by atoms with Crippen molar-refractivity contribution in [3.05, 3.63) is 23.3 Å². The number of hydrogen-bond donors (Lipinski definition) is 1. The zero-order valence-electron chi connectivity index (χ0n) is 12.5. The quantitative estimate of drug-likeness (QED) is 0.869. The van der Waals surface area contributed by atoms with E-state index in [1.165, 1.54) is 0 Å². The fourth-order valence-corrected chi connectivity index (χ4v) is 5.18. The first-order valence-corrected chi connectivity index (χ1v) is 8.71. The fourth-order valence-electron chi connectivity index (χ4n) is 3.09. The SMILES string of the molecule is CCN(C1CCCC1)S(=O)(=O)c1c(N)ccc(C)c1C. The molecule has 0 heterocycles. The number of rotatable bonds is 4. The highest BCUT2D eigenvalue weighted by atomic mass is 32.2. The molecule has 0 unspecified atom stereocenters. The van der Waals surface area contributed by atoms with Gasteiger partial charge in [0.05, 0.1) is 5.69 Å². The summed E-state index contributed by atoms with van der Waals surface area (Å²) in [4.78, 5) is 0.297. The predicted octanol–water partition coefficient (Wildman–Crippen LogP) is 2.84. The maximum absolute atomic E-state index is 13.0. The van der Waals surface area contributed by atoms with Gasteiger partial charge in [0, 0.05) is 12.6 Å². The molecular weight excluding hydrogens is 272 g/mol. The Morgan fingerprint density at radius 3 is 2.40 bits per heavy atom. The van der Waals surface area contributed by atoms with Crippen molar-refractivity contribution < 1.29 is 8.42 Å². The summed E-state index contributed by atoms with van der Waals surface area (Å²) in [7, 11) is -3.51. The van der Waals surface area contributed by atoms with Crippen molar-refractivity contribution in [3.63, 3.8) is 0 Å². The topological polar surface area (TPSA) is 63.4 Å². The Morgan fingerprint density at radius 1 is 1.25 bits per heavy atom. The van der Waals surface area contributed by atoms with Crippen LogP contribution in [0.3, 0.4) is 0 Å². The number of hydrogen-bond acceptors (Lipinski definition) is 3. The van der Waals surface area contributed by atoms with Crippen LogP contribution < -0.4 is 5.73 Å². The van der Waals surface area contributed by atoms with Crippen LogP contribution in [0.2, 0.25) is 0 Å². The lowest BCUT2D eigenvalue weighted by Crippen LogP contribution is -2.39. The summed E-state index contributed by atoms with van der Waals surface area (Å²) in [5, 5.41) is 0. The standard InChI is InChI=1S/C15H24N2O2S/c1-4-17(13-7-5-6-8-13)20(18,19)15-12(3)11(2)9-10-14(15)16/h9-10,13H,4-8,16H2,1-3H3. The van der Waals surface area contributed by atoms with Crippen molar-refractivity contribution in [2.24, 2.45) is 0 Å². The number of sulfonamides is 1. The maximum atomic E-state index is 13.0. The first-order valence-electron chi connectivity index (χ1n) is 7.27. The number of nitrogens with zero attached hydrogens (tertiary/aromatic N) is 1. The molecule has 2 rings (SSSR count). The van der Waals surface area contributed by atoms with E-state index in [-0.39, 0.29) is 6.04 Å². The zero-order valence-corrected chi connectivity index (χ0v) is 13.3. The van der Waals surface area contributed by atoms with E-state index in [0.29, 0.717) is 17.1 Å². The van der Waals surface area contributed by atoms with Crippen molar-refractivity contribution in [3.8, 4) is 0 Å². The highest BCUT2D eigenvalue weighted by Gasteiger charge is 2.34. The third-order valence-corrected chi connectivity index (χ3v) is 6.55. The normalized spacial score (nSPS) is 17.0. The summed E-state index contributed by atoms with van der Waals surface area (Å²) in [6, 6.07) is 3.69. The third-order valence-electron chi connectivity index (χ3n) is 4.32. The molecule has 0 spiro atoms. The minimum Gasteiger partial charge on any atom is -0.398 e. The first kappa shape index (κ1) is 15.3. The number of nitrogen functional groups attached to an aromatic ring is 1. The Kier molecular flexibility index (Phi) is 4.39. The van der Waals surface area contributed by atoms with E-state index >= 15 is 0 Å². The van der Waals surface area contributed by atoms with Crippen LogP contribution in [0.25, 0.3) is 0 Å². The highest BCUT2D eigenvalue weighted by molar-refractivity contribution is 7.89. The van der Waals surface area contributed by atoms with Crippen LogP contribution in [0.1, 0.15) is 43.7 Å². The van der Waals surface area contributed by atoms with Crippen molar-refractivity contribution >= 4 is 15.7 Å². The molecule has 1 aliphatic rings. The van der Waals surface area contributed by atoms with Crippen molar-refractivity contribution in [2.75, 3.05) is 12.3 Å². The van der Waals surface area contributed by atoms with Crippen molar-refractivity contribution in [1.82, 2.24) is 4.31 Å². The van der Waals surface area contributed by atoms with Gasteiger partial charge in [0.1, 0.15) is 4.90 Å². The van der Waals surface area contributed by atoms with Crippen LogP contribution >= 0.6 is 0 Å². The Bertz CT molecular complexity index is 590. The van der Waals surface area contributed by atoms with Crippen molar-refractivity contribution in [2.45, 2.75) is 57.4 Å². The maximum Gasteiger partial charge on any atom is 0.245 e. The molecule has 4 nitrogen and oxygen atoms in total. The summed E-state index contributed by atoms with van der Waals surface area (Å²) in [5.41, 5.74) is 8.04.